The monoisotopic (exact) mass is 341 g/mol. The molecule has 0 unspecified atom stereocenters. The second-order valence-corrected chi connectivity index (χ2v) is 5.77. The van der Waals surface area contributed by atoms with E-state index in [0.717, 1.165) is 10.0 Å². The van der Waals surface area contributed by atoms with Crippen LogP contribution in [0.2, 0.25) is 0 Å². The van der Waals surface area contributed by atoms with Crippen molar-refractivity contribution < 1.29 is 19.4 Å². The molecule has 108 valence electrons. The van der Waals surface area contributed by atoms with Crippen LogP contribution in [0.25, 0.3) is 0 Å². The van der Waals surface area contributed by atoms with Crippen LogP contribution in [0.5, 0.6) is 0 Å². The summed E-state index contributed by atoms with van der Waals surface area (Å²) in [5.41, 5.74) is -0.356. The second-order valence-electron chi connectivity index (χ2n) is 4.85. The van der Waals surface area contributed by atoms with Crippen LogP contribution in [0.1, 0.15) is 18.4 Å². The number of carboxylic acids is 1. The average molecular weight is 342 g/mol. The van der Waals surface area contributed by atoms with E-state index in [9.17, 15) is 14.7 Å². The molecule has 2 rings (SSSR count). The minimum atomic E-state index is -1.19. The largest absolute Gasteiger partial charge is 0.480 e. The van der Waals surface area contributed by atoms with E-state index >= 15 is 0 Å². The summed E-state index contributed by atoms with van der Waals surface area (Å²) in [6.45, 7) is 0.701. The van der Waals surface area contributed by atoms with Gasteiger partial charge in [0.25, 0.3) is 0 Å². The van der Waals surface area contributed by atoms with Crippen LogP contribution in [0.4, 0.5) is 0 Å². The molecule has 1 aromatic carbocycles. The van der Waals surface area contributed by atoms with Crippen molar-refractivity contribution in [2.45, 2.75) is 24.8 Å². The van der Waals surface area contributed by atoms with Gasteiger partial charge >= 0.3 is 5.97 Å². The van der Waals surface area contributed by atoms with Crippen LogP contribution in [0.3, 0.4) is 0 Å². The van der Waals surface area contributed by atoms with Gasteiger partial charge in [0.05, 0.1) is 6.42 Å². The minimum Gasteiger partial charge on any atom is -0.480 e. The van der Waals surface area contributed by atoms with Gasteiger partial charge in [-0.05, 0) is 17.7 Å². The predicted molar refractivity (Wildman–Crippen MR) is 76.4 cm³/mol. The number of halogens is 1. The first-order chi connectivity index (χ1) is 9.52. The van der Waals surface area contributed by atoms with Gasteiger partial charge in [0, 0.05) is 30.5 Å². The molecule has 1 heterocycles. The Bertz CT molecular complexity index is 512. The van der Waals surface area contributed by atoms with E-state index in [4.69, 9.17) is 4.74 Å². The van der Waals surface area contributed by atoms with Crippen LogP contribution in [0.15, 0.2) is 28.7 Å². The predicted octanol–water partition coefficient (Wildman–Crippen LogP) is 1.74. The zero-order chi connectivity index (χ0) is 14.6. The van der Waals surface area contributed by atoms with Gasteiger partial charge in [-0.3, -0.25) is 4.79 Å². The molecule has 1 aromatic rings. The molecule has 5 nitrogen and oxygen atoms in total. The maximum Gasteiger partial charge on any atom is 0.329 e. The molecule has 6 heteroatoms. The molecule has 1 fully saturated rings. The Kier molecular flexibility index (Phi) is 4.77. The first kappa shape index (κ1) is 15.0. The lowest BCUT2D eigenvalue weighted by Gasteiger charge is -2.33. The number of benzene rings is 1. The number of amides is 1. The Morgan fingerprint density at radius 3 is 2.65 bits per heavy atom. The van der Waals surface area contributed by atoms with Crippen LogP contribution in [-0.4, -0.2) is 35.7 Å². The molecule has 0 spiro atoms. The first-order valence-electron chi connectivity index (χ1n) is 6.38. The standard InChI is InChI=1S/C14H16BrNO4/c15-11-3-1-2-10(8-11)9-12(17)16-14(13(18)19)4-6-20-7-5-14/h1-3,8H,4-7,9H2,(H,16,17)(H,18,19). The second kappa shape index (κ2) is 6.37. The maximum atomic E-state index is 12.1. The van der Waals surface area contributed by atoms with E-state index in [1.54, 1.807) is 0 Å². The summed E-state index contributed by atoms with van der Waals surface area (Å²) in [6.07, 6.45) is 0.758. The molecule has 0 atom stereocenters. The van der Waals surface area contributed by atoms with E-state index in [1.165, 1.54) is 0 Å². The molecular formula is C14H16BrNO4. The lowest BCUT2D eigenvalue weighted by Crippen LogP contribution is -2.57. The molecule has 0 aromatic heterocycles. The third kappa shape index (κ3) is 3.58. The number of carbonyl (C=O) groups excluding carboxylic acids is 1. The number of rotatable bonds is 4. The Morgan fingerprint density at radius 1 is 1.35 bits per heavy atom. The third-order valence-corrected chi connectivity index (χ3v) is 3.88. The van der Waals surface area contributed by atoms with Gasteiger partial charge < -0.3 is 15.2 Å². The molecule has 0 aliphatic carbocycles. The van der Waals surface area contributed by atoms with Gasteiger partial charge in [-0.2, -0.15) is 0 Å². The highest BCUT2D eigenvalue weighted by Gasteiger charge is 2.41. The Morgan fingerprint density at radius 2 is 2.05 bits per heavy atom. The fourth-order valence-electron chi connectivity index (χ4n) is 2.26. The summed E-state index contributed by atoms with van der Waals surface area (Å²) in [5, 5.41) is 12.0. The number of hydrogen-bond donors (Lipinski definition) is 2. The fourth-order valence-corrected chi connectivity index (χ4v) is 2.70. The zero-order valence-electron chi connectivity index (χ0n) is 10.9. The molecule has 0 radical (unpaired) electrons. The smallest absolute Gasteiger partial charge is 0.329 e. The summed E-state index contributed by atoms with van der Waals surface area (Å²) in [4.78, 5) is 23.5. The van der Waals surface area contributed by atoms with Crippen LogP contribution >= 0.6 is 15.9 Å². The summed E-state index contributed by atoms with van der Waals surface area (Å²) in [5.74, 6) is -1.28. The van der Waals surface area contributed by atoms with E-state index in [1.807, 2.05) is 24.3 Å². The van der Waals surface area contributed by atoms with Gasteiger partial charge in [-0.15, -0.1) is 0 Å². The number of hydrogen-bond acceptors (Lipinski definition) is 3. The summed E-state index contributed by atoms with van der Waals surface area (Å²) in [7, 11) is 0. The average Bonchev–Trinajstić information content (AvgIpc) is 2.39. The molecule has 0 saturated carbocycles. The van der Waals surface area contributed by atoms with Crippen molar-refractivity contribution in [3.8, 4) is 0 Å². The van der Waals surface area contributed by atoms with Crippen molar-refractivity contribution in [1.29, 1.82) is 0 Å². The minimum absolute atomic E-state index is 0.162. The van der Waals surface area contributed by atoms with Gasteiger partial charge in [0.1, 0.15) is 5.54 Å². The molecule has 1 aliphatic heterocycles. The highest BCUT2D eigenvalue weighted by Crippen LogP contribution is 2.21. The lowest BCUT2D eigenvalue weighted by molar-refractivity contribution is -0.152. The van der Waals surface area contributed by atoms with Crippen LogP contribution in [-0.2, 0) is 20.7 Å². The highest BCUT2D eigenvalue weighted by molar-refractivity contribution is 9.10. The van der Waals surface area contributed by atoms with Gasteiger partial charge in [-0.1, -0.05) is 28.1 Å². The molecule has 1 saturated heterocycles. The van der Waals surface area contributed by atoms with Crippen molar-refractivity contribution in [2.24, 2.45) is 0 Å². The summed E-state index contributed by atoms with van der Waals surface area (Å²) >= 11 is 3.34. The summed E-state index contributed by atoms with van der Waals surface area (Å²) in [6, 6.07) is 7.39. The van der Waals surface area contributed by atoms with Crippen molar-refractivity contribution in [3.63, 3.8) is 0 Å². The highest BCUT2D eigenvalue weighted by atomic mass is 79.9. The Labute approximate surface area is 125 Å². The van der Waals surface area contributed by atoms with Gasteiger partial charge in [0.15, 0.2) is 0 Å². The van der Waals surface area contributed by atoms with Gasteiger partial charge in [-0.25, -0.2) is 4.79 Å². The van der Waals surface area contributed by atoms with E-state index in [0.29, 0.717) is 26.1 Å². The SMILES string of the molecule is O=C(Cc1cccc(Br)c1)NC1(C(=O)O)CCOCC1. The van der Waals surface area contributed by atoms with E-state index in [2.05, 4.69) is 21.2 Å². The molecular weight excluding hydrogens is 326 g/mol. The summed E-state index contributed by atoms with van der Waals surface area (Å²) < 4.78 is 6.06. The zero-order valence-corrected chi connectivity index (χ0v) is 12.5. The van der Waals surface area contributed by atoms with Crippen molar-refractivity contribution >= 4 is 27.8 Å². The quantitative estimate of drug-likeness (QED) is 0.874. The van der Waals surface area contributed by atoms with Gasteiger partial charge in [0.2, 0.25) is 5.91 Å². The molecule has 20 heavy (non-hydrogen) atoms. The number of aliphatic carboxylic acids is 1. The van der Waals surface area contributed by atoms with E-state index < -0.39 is 11.5 Å². The molecule has 2 N–H and O–H groups in total. The topological polar surface area (TPSA) is 75.6 Å². The molecule has 1 aliphatic rings. The lowest BCUT2D eigenvalue weighted by atomic mass is 9.90. The number of carbonyl (C=O) groups is 2. The van der Waals surface area contributed by atoms with Crippen molar-refractivity contribution in [2.75, 3.05) is 13.2 Å². The Balaban J connectivity index is 2.03. The van der Waals surface area contributed by atoms with Crippen LogP contribution < -0.4 is 5.32 Å². The number of nitrogens with one attached hydrogen (secondary N) is 1. The van der Waals surface area contributed by atoms with E-state index in [-0.39, 0.29) is 12.3 Å². The number of carboxylic acid groups (broad SMARTS) is 1. The molecule has 1 amide bonds. The number of ether oxygens (including phenoxy) is 1. The molecule has 0 bridgehead atoms. The van der Waals surface area contributed by atoms with Crippen molar-refractivity contribution in [3.05, 3.63) is 34.3 Å². The van der Waals surface area contributed by atoms with Crippen molar-refractivity contribution in [1.82, 2.24) is 5.32 Å². The maximum absolute atomic E-state index is 12.1. The first-order valence-corrected chi connectivity index (χ1v) is 7.18. The van der Waals surface area contributed by atoms with Crippen LogP contribution in [0, 0.1) is 0 Å². The Hall–Kier alpha value is -1.40. The normalized spacial score (nSPS) is 17.4. The third-order valence-electron chi connectivity index (χ3n) is 3.39. The fraction of sp³-hybridized carbons (Fsp3) is 0.429.